The highest BCUT2D eigenvalue weighted by Crippen LogP contribution is 2.26. The van der Waals surface area contributed by atoms with Crippen molar-refractivity contribution in [3.63, 3.8) is 0 Å². The number of carbonyl (C=O) groups is 1. The van der Waals surface area contributed by atoms with Crippen molar-refractivity contribution in [3.05, 3.63) is 93.9 Å². The zero-order valence-electron chi connectivity index (χ0n) is 14.6. The SMILES string of the molecule is O=C(Nc1nnc(Cc2ccncc2)c2ccccc12)c1ccc(Cl)c(Cl)c1. The van der Waals surface area contributed by atoms with E-state index in [2.05, 4.69) is 20.5 Å². The summed E-state index contributed by atoms with van der Waals surface area (Å²) in [4.78, 5) is 16.6. The van der Waals surface area contributed by atoms with Crippen LogP contribution in [-0.4, -0.2) is 21.1 Å². The van der Waals surface area contributed by atoms with Crippen LogP contribution in [0, 0.1) is 0 Å². The van der Waals surface area contributed by atoms with Crippen LogP contribution in [0.4, 0.5) is 5.82 Å². The molecular weight excluding hydrogens is 395 g/mol. The molecular formula is C21H14Cl2N4O. The van der Waals surface area contributed by atoms with Crippen LogP contribution >= 0.6 is 23.2 Å². The van der Waals surface area contributed by atoms with Crippen LogP contribution in [0.25, 0.3) is 10.8 Å². The first-order valence-corrected chi connectivity index (χ1v) is 9.27. The molecule has 0 saturated carbocycles. The molecule has 2 aromatic carbocycles. The second kappa shape index (κ2) is 7.92. The predicted octanol–water partition coefficient (Wildman–Crippen LogP) is 5.17. The highest BCUT2D eigenvalue weighted by atomic mass is 35.5. The Morgan fingerprint density at radius 2 is 1.64 bits per heavy atom. The van der Waals surface area contributed by atoms with Crippen LogP contribution < -0.4 is 5.32 Å². The number of anilines is 1. The van der Waals surface area contributed by atoms with Gasteiger partial charge in [-0.05, 0) is 35.9 Å². The lowest BCUT2D eigenvalue weighted by molar-refractivity contribution is 0.102. The Labute approximate surface area is 171 Å². The van der Waals surface area contributed by atoms with Gasteiger partial charge in [0.15, 0.2) is 5.82 Å². The molecule has 2 aromatic heterocycles. The van der Waals surface area contributed by atoms with Gasteiger partial charge in [0.2, 0.25) is 0 Å². The highest BCUT2D eigenvalue weighted by molar-refractivity contribution is 6.42. The number of fused-ring (bicyclic) bond motifs is 1. The lowest BCUT2D eigenvalue weighted by atomic mass is 10.0. The van der Waals surface area contributed by atoms with E-state index >= 15 is 0 Å². The van der Waals surface area contributed by atoms with Crippen LogP contribution in [-0.2, 0) is 6.42 Å². The van der Waals surface area contributed by atoms with Gasteiger partial charge in [-0.15, -0.1) is 5.10 Å². The molecule has 7 heteroatoms. The van der Waals surface area contributed by atoms with Crippen molar-refractivity contribution in [2.45, 2.75) is 6.42 Å². The van der Waals surface area contributed by atoms with Crippen molar-refractivity contribution in [2.75, 3.05) is 5.32 Å². The zero-order valence-corrected chi connectivity index (χ0v) is 16.1. The number of benzene rings is 2. The molecule has 0 atom stereocenters. The first-order valence-electron chi connectivity index (χ1n) is 8.51. The van der Waals surface area contributed by atoms with Crippen molar-refractivity contribution in [1.82, 2.24) is 15.2 Å². The Morgan fingerprint density at radius 3 is 2.39 bits per heavy atom. The third-order valence-electron chi connectivity index (χ3n) is 4.30. The summed E-state index contributed by atoms with van der Waals surface area (Å²) in [5.74, 6) is 0.0602. The molecule has 0 fully saturated rings. The second-order valence-corrected chi connectivity index (χ2v) is 6.97. The summed E-state index contributed by atoms with van der Waals surface area (Å²) < 4.78 is 0. The maximum absolute atomic E-state index is 12.6. The minimum Gasteiger partial charge on any atom is -0.305 e. The first kappa shape index (κ1) is 18.3. The Morgan fingerprint density at radius 1 is 0.893 bits per heavy atom. The Balaban J connectivity index is 1.67. The van der Waals surface area contributed by atoms with Gasteiger partial charge >= 0.3 is 0 Å². The molecule has 0 bridgehead atoms. The summed E-state index contributed by atoms with van der Waals surface area (Å²) in [6, 6.07) is 16.3. The zero-order chi connectivity index (χ0) is 19.5. The smallest absolute Gasteiger partial charge is 0.256 e. The summed E-state index contributed by atoms with van der Waals surface area (Å²) in [7, 11) is 0. The number of nitrogens with zero attached hydrogens (tertiary/aromatic N) is 3. The van der Waals surface area contributed by atoms with Crippen LogP contribution in [0.1, 0.15) is 21.6 Å². The number of pyridine rings is 1. The van der Waals surface area contributed by atoms with E-state index in [0.717, 1.165) is 22.0 Å². The molecule has 138 valence electrons. The average molecular weight is 409 g/mol. The molecule has 1 N–H and O–H groups in total. The van der Waals surface area contributed by atoms with Gasteiger partial charge in [0.25, 0.3) is 5.91 Å². The molecule has 4 aromatic rings. The van der Waals surface area contributed by atoms with Crippen molar-refractivity contribution in [1.29, 1.82) is 0 Å². The fraction of sp³-hybridized carbons (Fsp3) is 0.0476. The highest BCUT2D eigenvalue weighted by Gasteiger charge is 2.14. The van der Waals surface area contributed by atoms with Crippen molar-refractivity contribution < 1.29 is 4.79 Å². The number of carbonyl (C=O) groups excluding carboxylic acids is 1. The topological polar surface area (TPSA) is 67.8 Å². The van der Waals surface area contributed by atoms with E-state index in [-0.39, 0.29) is 5.91 Å². The maximum Gasteiger partial charge on any atom is 0.256 e. The molecule has 28 heavy (non-hydrogen) atoms. The molecule has 4 rings (SSSR count). The van der Waals surface area contributed by atoms with Crippen molar-refractivity contribution in [3.8, 4) is 0 Å². The maximum atomic E-state index is 12.6. The number of hydrogen-bond donors (Lipinski definition) is 1. The molecule has 0 aliphatic heterocycles. The Kier molecular flexibility index (Phi) is 5.19. The quantitative estimate of drug-likeness (QED) is 0.505. The predicted molar refractivity (Wildman–Crippen MR) is 111 cm³/mol. The van der Waals surface area contributed by atoms with Crippen LogP contribution in [0.3, 0.4) is 0 Å². The van der Waals surface area contributed by atoms with Crippen molar-refractivity contribution in [2.24, 2.45) is 0 Å². The molecule has 0 spiro atoms. The summed E-state index contributed by atoms with van der Waals surface area (Å²) in [6.07, 6.45) is 4.12. The monoisotopic (exact) mass is 408 g/mol. The lowest BCUT2D eigenvalue weighted by Gasteiger charge is -2.11. The lowest BCUT2D eigenvalue weighted by Crippen LogP contribution is -2.14. The number of hydrogen-bond acceptors (Lipinski definition) is 4. The van der Waals surface area contributed by atoms with Gasteiger partial charge in [-0.2, -0.15) is 5.10 Å². The van der Waals surface area contributed by atoms with Gasteiger partial charge < -0.3 is 5.32 Å². The molecule has 0 radical (unpaired) electrons. The molecule has 5 nitrogen and oxygen atoms in total. The summed E-state index contributed by atoms with van der Waals surface area (Å²) in [6.45, 7) is 0. The van der Waals surface area contributed by atoms with E-state index in [0.29, 0.717) is 27.8 Å². The van der Waals surface area contributed by atoms with E-state index in [1.807, 2.05) is 36.4 Å². The third-order valence-corrected chi connectivity index (χ3v) is 5.04. The number of aromatic nitrogens is 3. The molecule has 0 aliphatic rings. The van der Waals surface area contributed by atoms with Gasteiger partial charge in [-0.25, -0.2) is 0 Å². The molecule has 0 unspecified atom stereocenters. The van der Waals surface area contributed by atoms with Crippen LogP contribution in [0.15, 0.2) is 67.0 Å². The van der Waals surface area contributed by atoms with Gasteiger partial charge in [-0.3, -0.25) is 9.78 Å². The van der Waals surface area contributed by atoms with Gasteiger partial charge in [-0.1, -0.05) is 47.5 Å². The second-order valence-electron chi connectivity index (χ2n) is 6.16. The van der Waals surface area contributed by atoms with E-state index in [9.17, 15) is 4.79 Å². The average Bonchev–Trinajstić information content (AvgIpc) is 2.72. The fourth-order valence-electron chi connectivity index (χ4n) is 2.89. The number of amides is 1. The van der Waals surface area contributed by atoms with E-state index in [1.165, 1.54) is 6.07 Å². The van der Waals surface area contributed by atoms with Gasteiger partial charge in [0.05, 0.1) is 15.7 Å². The molecule has 0 saturated heterocycles. The number of rotatable bonds is 4. The first-order chi connectivity index (χ1) is 13.6. The summed E-state index contributed by atoms with van der Waals surface area (Å²) in [5, 5.41) is 13.9. The van der Waals surface area contributed by atoms with Crippen LogP contribution in [0.5, 0.6) is 0 Å². The Bertz CT molecular complexity index is 1170. The Hall–Kier alpha value is -3.02. The van der Waals surface area contributed by atoms with Crippen LogP contribution in [0.2, 0.25) is 10.0 Å². The summed E-state index contributed by atoms with van der Waals surface area (Å²) in [5.41, 5.74) is 2.30. The van der Waals surface area contributed by atoms with Gasteiger partial charge in [0, 0.05) is 35.2 Å². The fourth-order valence-corrected chi connectivity index (χ4v) is 3.19. The minimum atomic E-state index is -0.333. The van der Waals surface area contributed by atoms with Gasteiger partial charge in [0.1, 0.15) is 0 Å². The third kappa shape index (κ3) is 3.81. The number of nitrogens with one attached hydrogen (secondary N) is 1. The molecule has 1 amide bonds. The normalized spacial score (nSPS) is 10.8. The van der Waals surface area contributed by atoms with E-state index in [4.69, 9.17) is 23.2 Å². The standard InChI is InChI=1S/C21H14Cl2N4O/c22-17-6-5-14(12-18(17)23)21(28)25-20-16-4-2-1-3-15(16)19(26-27-20)11-13-7-9-24-10-8-13/h1-10,12H,11H2,(H,25,27,28). The van der Waals surface area contributed by atoms with E-state index in [1.54, 1.807) is 24.5 Å². The van der Waals surface area contributed by atoms with E-state index < -0.39 is 0 Å². The minimum absolute atomic E-state index is 0.318. The molecule has 2 heterocycles. The molecule has 0 aliphatic carbocycles. The van der Waals surface area contributed by atoms with Crippen molar-refractivity contribution >= 4 is 45.7 Å². The summed E-state index contributed by atoms with van der Waals surface area (Å²) >= 11 is 11.9. The largest absolute Gasteiger partial charge is 0.305 e. The number of halogens is 2.